The van der Waals surface area contributed by atoms with Gasteiger partial charge in [0, 0.05) is 0 Å². The van der Waals surface area contributed by atoms with Crippen molar-refractivity contribution in [1.82, 2.24) is 4.90 Å². The summed E-state index contributed by atoms with van der Waals surface area (Å²) >= 11 is 0. The predicted molar refractivity (Wildman–Crippen MR) is 65.3 cm³/mol. The van der Waals surface area contributed by atoms with E-state index in [9.17, 15) is 14.3 Å². The molecule has 3 N–H and O–H groups in total. The van der Waals surface area contributed by atoms with Crippen LogP contribution >= 0.6 is 0 Å². The molecule has 0 fully saturated rings. The van der Waals surface area contributed by atoms with E-state index in [1.54, 1.807) is 24.3 Å². The maximum absolute atomic E-state index is 13.2. The Morgan fingerprint density at radius 1 is 1.47 bits per heavy atom. The number of aliphatic hydroxyl groups excluding tert-OH is 1. The SMILES string of the molecule is NC1=NC(O)N(C(=O)OCc2ccccc2)C=C1F. The molecule has 0 aromatic heterocycles. The zero-order valence-corrected chi connectivity index (χ0v) is 9.86. The number of benzene rings is 1. The summed E-state index contributed by atoms with van der Waals surface area (Å²) in [4.78, 5) is 15.6. The average molecular weight is 265 g/mol. The Balaban J connectivity index is 1.98. The molecule has 0 aliphatic carbocycles. The Kier molecular flexibility index (Phi) is 3.76. The van der Waals surface area contributed by atoms with Crippen LogP contribution in [0.4, 0.5) is 9.18 Å². The topological polar surface area (TPSA) is 88.2 Å². The van der Waals surface area contributed by atoms with Crippen LogP contribution in [0.2, 0.25) is 0 Å². The molecule has 6 nitrogen and oxygen atoms in total. The quantitative estimate of drug-likeness (QED) is 0.837. The number of amidine groups is 1. The van der Waals surface area contributed by atoms with Gasteiger partial charge < -0.3 is 15.6 Å². The molecule has 1 aliphatic heterocycles. The molecule has 1 aromatic carbocycles. The Bertz CT molecular complexity index is 530. The van der Waals surface area contributed by atoms with E-state index in [4.69, 9.17) is 10.5 Å². The van der Waals surface area contributed by atoms with Gasteiger partial charge in [-0.15, -0.1) is 0 Å². The van der Waals surface area contributed by atoms with Crippen LogP contribution in [0.15, 0.2) is 47.4 Å². The van der Waals surface area contributed by atoms with Crippen LogP contribution in [0.1, 0.15) is 5.56 Å². The third-order valence-corrected chi connectivity index (χ3v) is 2.42. The molecule has 0 saturated carbocycles. The van der Waals surface area contributed by atoms with Gasteiger partial charge in [0.05, 0.1) is 6.20 Å². The lowest BCUT2D eigenvalue weighted by molar-refractivity contribution is 0.0250. The van der Waals surface area contributed by atoms with Crippen molar-refractivity contribution >= 4 is 11.9 Å². The molecule has 0 radical (unpaired) electrons. The number of hydrogen-bond acceptors (Lipinski definition) is 5. The largest absolute Gasteiger partial charge is 0.444 e. The molecule has 1 heterocycles. The smallest absolute Gasteiger partial charge is 0.417 e. The zero-order chi connectivity index (χ0) is 13.8. The molecule has 2 rings (SSSR count). The first-order valence-corrected chi connectivity index (χ1v) is 5.46. The number of carbonyl (C=O) groups is 1. The van der Waals surface area contributed by atoms with Crippen LogP contribution in [-0.2, 0) is 11.3 Å². The summed E-state index contributed by atoms with van der Waals surface area (Å²) in [5.41, 5.74) is 5.94. The van der Waals surface area contributed by atoms with Crippen LogP contribution in [0.5, 0.6) is 0 Å². The second kappa shape index (κ2) is 5.49. The summed E-state index contributed by atoms with van der Waals surface area (Å²) in [5, 5.41) is 9.47. The van der Waals surface area contributed by atoms with E-state index in [1.165, 1.54) is 0 Å². The summed E-state index contributed by atoms with van der Waals surface area (Å²) in [6.07, 6.45) is -1.74. The lowest BCUT2D eigenvalue weighted by Crippen LogP contribution is -2.40. The van der Waals surface area contributed by atoms with E-state index in [0.29, 0.717) is 4.90 Å². The van der Waals surface area contributed by atoms with Crippen LogP contribution in [-0.4, -0.2) is 28.3 Å². The van der Waals surface area contributed by atoms with Gasteiger partial charge in [0.2, 0.25) is 6.35 Å². The third kappa shape index (κ3) is 3.08. The van der Waals surface area contributed by atoms with Crippen molar-refractivity contribution in [3.05, 3.63) is 47.9 Å². The van der Waals surface area contributed by atoms with Crippen molar-refractivity contribution in [2.24, 2.45) is 10.7 Å². The molecule has 7 heteroatoms. The Hall–Kier alpha value is -2.41. The minimum absolute atomic E-state index is 0.0115. The zero-order valence-electron chi connectivity index (χ0n) is 9.86. The van der Waals surface area contributed by atoms with Gasteiger partial charge in [-0.05, 0) is 5.56 Å². The lowest BCUT2D eigenvalue weighted by atomic mass is 10.2. The predicted octanol–water partition coefficient (Wildman–Crippen LogP) is 1.08. The first kappa shape index (κ1) is 13.0. The minimum Gasteiger partial charge on any atom is -0.444 e. The highest BCUT2D eigenvalue weighted by Gasteiger charge is 2.26. The molecule has 1 atom stereocenters. The molecular formula is C12H12FN3O3. The van der Waals surface area contributed by atoms with E-state index in [1.807, 2.05) is 6.07 Å². The Labute approximate surface area is 108 Å². The number of aliphatic hydroxyl groups is 1. The van der Waals surface area contributed by atoms with Gasteiger partial charge in [-0.1, -0.05) is 30.3 Å². The number of halogens is 1. The summed E-state index contributed by atoms with van der Waals surface area (Å²) in [7, 11) is 0. The Morgan fingerprint density at radius 3 is 2.84 bits per heavy atom. The Morgan fingerprint density at radius 2 is 2.16 bits per heavy atom. The van der Waals surface area contributed by atoms with Gasteiger partial charge in [-0.2, -0.15) is 0 Å². The summed E-state index contributed by atoms with van der Waals surface area (Å²) in [5.74, 6) is -1.36. The van der Waals surface area contributed by atoms with E-state index in [2.05, 4.69) is 4.99 Å². The van der Waals surface area contributed by atoms with Gasteiger partial charge in [-0.3, -0.25) is 0 Å². The fraction of sp³-hybridized carbons (Fsp3) is 0.167. The van der Waals surface area contributed by atoms with Crippen molar-refractivity contribution in [3.8, 4) is 0 Å². The maximum atomic E-state index is 13.2. The molecule has 1 aliphatic rings. The van der Waals surface area contributed by atoms with E-state index < -0.39 is 24.1 Å². The van der Waals surface area contributed by atoms with Crippen molar-refractivity contribution < 1.29 is 19.0 Å². The second-order valence-electron chi connectivity index (χ2n) is 3.79. The fourth-order valence-corrected chi connectivity index (χ4v) is 1.44. The number of aliphatic imine (C=N–C) groups is 1. The number of carbonyl (C=O) groups excluding carboxylic acids is 1. The number of nitrogens with zero attached hydrogens (tertiary/aromatic N) is 2. The number of nitrogens with two attached hydrogens (primary N) is 1. The molecule has 100 valence electrons. The standard InChI is InChI=1S/C12H12FN3O3/c13-9-6-16(11(17)15-10(9)14)12(18)19-7-8-4-2-1-3-5-8/h1-6,11,17H,7H2,(H2,14,15). The van der Waals surface area contributed by atoms with Crippen molar-refractivity contribution in [1.29, 1.82) is 0 Å². The summed E-state index contributed by atoms with van der Waals surface area (Å²) in [6.45, 7) is 0.0115. The first-order valence-electron chi connectivity index (χ1n) is 5.46. The normalized spacial score (nSPS) is 18.6. The number of rotatable bonds is 2. The lowest BCUT2D eigenvalue weighted by Gasteiger charge is -2.24. The van der Waals surface area contributed by atoms with Crippen molar-refractivity contribution in [2.75, 3.05) is 0 Å². The van der Waals surface area contributed by atoms with E-state index in [-0.39, 0.29) is 6.61 Å². The van der Waals surface area contributed by atoms with Crippen LogP contribution in [0.3, 0.4) is 0 Å². The number of amides is 1. The summed E-state index contributed by atoms with van der Waals surface area (Å²) in [6, 6.07) is 8.96. The maximum Gasteiger partial charge on any atom is 0.417 e. The highest BCUT2D eigenvalue weighted by atomic mass is 19.1. The van der Waals surface area contributed by atoms with Crippen LogP contribution in [0.25, 0.3) is 0 Å². The highest BCUT2D eigenvalue weighted by molar-refractivity contribution is 5.96. The molecule has 0 saturated heterocycles. The van der Waals surface area contributed by atoms with Crippen molar-refractivity contribution in [3.63, 3.8) is 0 Å². The monoisotopic (exact) mass is 265 g/mol. The van der Waals surface area contributed by atoms with E-state index >= 15 is 0 Å². The summed E-state index contributed by atoms with van der Waals surface area (Å²) < 4.78 is 18.1. The van der Waals surface area contributed by atoms with Crippen molar-refractivity contribution in [2.45, 2.75) is 13.0 Å². The second-order valence-corrected chi connectivity index (χ2v) is 3.79. The molecule has 1 amide bonds. The van der Waals surface area contributed by atoms with Gasteiger partial charge in [0.1, 0.15) is 6.61 Å². The molecule has 1 unspecified atom stereocenters. The number of ether oxygens (including phenoxy) is 1. The number of hydrogen-bond donors (Lipinski definition) is 2. The van der Waals surface area contributed by atoms with Crippen LogP contribution < -0.4 is 5.73 Å². The molecule has 19 heavy (non-hydrogen) atoms. The average Bonchev–Trinajstić information content (AvgIpc) is 2.41. The van der Waals surface area contributed by atoms with Gasteiger partial charge in [-0.25, -0.2) is 19.1 Å². The molecule has 0 spiro atoms. The van der Waals surface area contributed by atoms with Gasteiger partial charge >= 0.3 is 6.09 Å². The van der Waals surface area contributed by atoms with Crippen LogP contribution in [0, 0.1) is 0 Å². The minimum atomic E-state index is -1.58. The van der Waals surface area contributed by atoms with Gasteiger partial charge in [0.25, 0.3) is 0 Å². The molecule has 0 bridgehead atoms. The third-order valence-electron chi connectivity index (χ3n) is 2.42. The fourth-order valence-electron chi connectivity index (χ4n) is 1.44. The molecule has 1 aromatic rings. The molecular weight excluding hydrogens is 253 g/mol. The first-order chi connectivity index (χ1) is 9.08. The van der Waals surface area contributed by atoms with E-state index in [0.717, 1.165) is 11.8 Å². The van der Waals surface area contributed by atoms with Gasteiger partial charge in [0.15, 0.2) is 11.7 Å². The highest BCUT2D eigenvalue weighted by Crippen LogP contribution is 2.14.